The summed E-state index contributed by atoms with van der Waals surface area (Å²) in [5.41, 5.74) is 4.68. The van der Waals surface area contributed by atoms with Crippen LogP contribution in [0.5, 0.6) is 40.2 Å². The fourth-order valence-electron chi connectivity index (χ4n) is 4.59. The summed E-state index contributed by atoms with van der Waals surface area (Å²) in [6.07, 6.45) is 3.44. The SMILES string of the molecule is COc1cccc(CCc2cc(OC)cc(Oc3cccc(CCc4cc(OC)c5c(c4)OCO5)c3)c2)c1. The molecule has 0 spiro atoms. The van der Waals surface area contributed by atoms with Crippen LogP contribution in [-0.4, -0.2) is 28.1 Å². The Balaban J connectivity index is 1.26. The average Bonchev–Trinajstić information content (AvgIpc) is 3.43. The molecule has 6 heteroatoms. The third kappa shape index (κ3) is 6.14. The van der Waals surface area contributed by atoms with Gasteiger partial charge in [0.05, 0.1) is 21.3 Å². The monoisotopic (exact) mass is 512 g/mol. The molecule has 5 rings (SSSR count). The molecule has 0 aromatic heterocycles. The molecule has 196 valence electrons. The lowest BCUT2D eigenvalue weighted by molar-refractivity contribution is 0.171. The minimum absolute atomic E-state index is 0.224. The van der Waals surface area contributed by atoms with Gasteiger partial charge in [0.15, 0.2) is 11.5 Å². The molecule has 0 aliphatic carbocycles. The second-order valence-electron chi connectivity index (χ2n) is 9.15. The Morgan fingerprint density at radius 2 is 1.16 bits per heavy atom. The standard InChI is InChI=1S/C32H32O6/c1-33-26-8-4-6-22(14-26)10-12-24-16-28(34-2)20-29(17-24)38-27-9-5-7-23(15-27)11-13-25-18-30(35-3)32-31(19-25)36-21-37-32/h4-9,14-20H,10-13,21H2,1-3H3. The van der Waals surface area contributed by atoms with E-state index in [0.29, 0.717) is 11.5 Å². The van der Waals surface area contributed by atoms with Gasteiger partial charge < -0.3 is 28.4 Å². The number of fused-ring (bicyclic) bond motifs is 1. The molecule has 0 radical (unpaired) electrons. The number of benzene rings is 4. The summed E-state index contributed by atoms with van der Waals surface area (Å²) < 4.78 is 33.7. The molecule has 4 aromatic carbocycles. The van der Waals surface area contributed by atoms with E-state index in [2.05, 4.69) is 36.4 Å². The van der Waals surface area contributed by atoms with Crippen molar-refractivity contribution in [1.29, 1.82) is 0 Å². The van der Waals surface area contributed by atoms with Crippen molar-refractivity contribution in [3.05, 3.63) is 101 Å². The number of methoxy groups -OCH3 is 3. The molecule has 0 saturated carbocycles. The lowest BCUT2D eigenvalue weighted by atomic mass is 10.0. The molecule has 1 aliphatic heterocycles. The molecule has 0 N–H and O–H groups in total. The van der Waals surface area contributed by atoms with Crippen LogP contribution in [0.25, 0.3) is 0 Å². The molecule has 0 unspecified atom stereocenters. The van der Waals surface area contributed by atoms with Crippen molar-refractivity contribution in [3.63, 3.8) is 0 Å². The van der Waals surface area contributed by atoms with Crippen LogP contribution in [0.3, 0.4) is 0 Å². The fourth-order valence-corrected chi connectivity index (χ4v) is 4.59. The molecule has 38 heavy (non-hydrogen) atoms. The highest BCUT2D eigenvalue weighted by Crippen LogP contribution is 2.42. The predicted octanol–water partition coefficient (Wildman–Crippen LogP) is 6.80. The zero-order valence-corrected chi connectivity index (χ0v) is 22.0. The van der Waals surface area contributed by atoms with Gasteiger partial charge in [0.2, 0.25) is 12.5 Å². The van der Waals surface area contributed by atoms with Crippen molar-refractivity contribution >= 4 is 0 Å². The van der Waals surface area contributed by atoms with Gasteiger partial charge in [-0.2, -0.15) is 0 Å². The van der Waals surface area contributed by atoms with Gasteiger partial charge in [-0.25, -0.2) is 0 Å². The van der Waals surface area contributed by atoms with Crippen molar-refractivity contribution in [1.82, 2.24) is 0 Å². The quantitative estimate of drug-likeness (QED) is 0.220. The molecule has 1 aliphatic rings. The summed E-state index contributed by atoms with van der Waals surface area (Å²) in [4.78, 5) is 0. The minimum Gasteiger partial charge on any atom is -0.497 e. The summed E-state index contributed by atoms with van der Waals surface area (Å²) in [5, 5.41) is 0. The summed E-state index contributed by atoms with van der Waals surface area (Å²) in [7, 11) is 5.01. The van der Waals surface area contributed by atoms with E-state index in [9.17, 15) is 0 Å². The van der Waals surface area contributed by atoms with Crippen molar-refractivity contribution < 1.29 is 28.4 Å². The van der Waals surface area contributed by atoms with E-state index < -0.39 is 0 Å². The summed E-state index contributed by atoms with van der Waals surface area (Å²) in [5.74, 6) is 5.29. The largest absolute Gasteiger partial charge is 0.497 e. The van der Waals surface area contributed by atoms with E-state index in [1.807, 2.05) is 42.5 Å². The van der Waals surface area contributed by atoms with E-state index in [4.69, 9.17) is 28.4 Å². The van der Waals surface area contributed by atoms with Crippen LogP contribution < -0.4 is 28.4 Å². The van der Waals surface area contributed by atoms with Crippen LogP contribution in [0, 0.1) is 0 Å². The smallest absolute Gasteiger partial charge is 0.231 e. The maximum Gasteiger partial charge on any atom is 0.231 e. The fraction of sp³-hybridized carbons (Fsp3) is 0.250. The first-order valence-electron chi connectivity index (χ1n) is 12.7. The lowest BCUT2D eigenvalue weighted by Gasteiger charge is -2.12. The molecule has 0 saturated heterocycles. The number of hydrogen-bond acceptors (Lipinski definition) is 6. The Kier molecular flexibility index (Phi) is 7.88. The molecular weight excluding hydrogens is 480 g/mol. The summed E-state index contributed by atoms with van der Waals surface area (Å²) in [6.45, 7) is 0.224. The van der Waals surface area contributed by atoms with E-state index in [0.717, 1.165) is 65.6 Å². The van der Waals surface area contributed by atoms with Crippen LogP contribution in [-0.2, 0) is 25.7 Å². The molecule has 6 nitrogen and oxygen atoms in total. The predicted molar refractivity (Wildman–Crippen MR) is 146 cm³/mol. The van der Waals surface area contributed by atoms with Gasteiger partial charge in [0.1, 0.15) is 23.0 Å². The van der Waals surface area contributed by atoms with Crippen molar-refractivity contribution in [2.45, 2.75) is 25.7 Å². The molecular formula is C32H32O6. The third-order valence-corrected chi connectivity index (χ3v) is 6.57. The molecule has 0 atom stereocenters. The van der Waals surface area contributed by atoms with Crippen LogP contribution in [0.15, 0.2) is 78.9 Å². The molecule has 0 fully saturated rings. The van der Waals surface area contributed by atoms with Gasteiger partial charge in [0, 0.05) is 6.07 Å². The Labute approximate surface area is 223 Å². The van der Waals surface area contributed by atoms with Crippen molar-refractivity contribution in [2.24, 2.45) is 0 Å². The second kappa shape index (κ2) is 11.8. The van der Waals surface area contributed by atoms with Crippen LogP contribution in [0.1, 0.15) is 22.3 Å². The molecule has 4 aromatic rings. The topological polar surface area (TPSA) is 55.4 Å². The highest BCUT2D eigenvalue weighted by Gasteiger charge is 2.20. The Morgan fingerprint density at radius 1 is 0.553 bits per heavy atom. The normalized spacial score (nSPS) is 11.8. The zero-order chi connectivity index (χ0) is 26.3. The first kappa shape index (κ1) is 25.3. The molecule has 0 bridgehead atoms. The van der Waals surface area contributed by atoms with Gasteiger partial charge in [-0.05, 0) is 96.5 Å². The molecule has 0 amide bonds. The number of ether oxygens (including phenoxy) is 6. The van der Waals surface area contributed by atoms with Gasteiger partial charge in [-0.15, -0.1) is 0 Å². The van der Waals surface area contributed by atoms with Gasteiger partial charge in [0.25, 0.3) is 0 Å². The zero-order valence-electron chi connectivity index (χ0n) is 22.0. The number of aryl methyl sites for hydroxylation is 4. The summed E-state index contributed by atoms with van der Waals surface area (Å²) >= 11 is 0. The van der Waals surface area contributed by atoms with Crippen LogP contribution >= 0.6 is 0 Å². The maximum absolute atomic E-state index is 6.28. The van der Waals surface area contributed by atoms with E-state index >= 15 is 0 Å². The Hall–Kier alpha value is -4.32. The van der Waals surface area contributed by atoms with E-state index in [1.54, 1.807) is 21.3 Å². The Bertz CT molecular complexity index is 1400. The van der Waals surface area contributed by atoms with Gasteiger partial charge >= 0.3 is 0 Å². The van der Waals surface area contributed by atoms with Gasteiger partial charge in [-0.3, -0.25) is 0 Å². The van der Waals surface area contributed by atoms with Crippen LogP contribution in [0.4, 0.5) is 0 Å². The lowest BCUT2D eigenvalue weighted by Crippen LogP contribution is -1.96. The van der Waals surface area contributed by atoms with Gasteiger partial charge in [-0.1, -0.05) is 24.3 Å². The Morgan fingerprint density at radius 3 is 1.87 bits per heavy atom. The number of rotatable bonds is 11. The van der Waals surface area contributed by atoms with Crippen molar-refractivity contribution in [3.8, 4) is 40.2 Å². The second-order valence-corrected chi connectivity index (χ2v) is 9.15. The van der Waals surface area contributed by atoms with Crippen molar-refractivity contribution in [2.75, 3.05) is 28.1 Å². The first-order valence-corrected chi connectivity index (χ1v) is 12.7. The minimum atomic E-state index is 0.224. The third-order valence-electron chi connectivity index (χ3n) is 6.57. The summed E-state index contributed by atoms with van der Waals surface area (Å²) in [6, 6.07) is 26.4. The van der Waals surface area contributed by atoms with Crippen LogP contribution in [0.2, 0.25) is 0 Å². The number of hydrogen-bond donors (Lipinski definition) is 0. The first-order chi connectivity index (χ1) is 18.6. The van der Waals surface area contributed by atoms with E-state index in [1.165, 1.54) is 11.1 Å². The van der Waals surface area contributed by atoms with E-state index in [-0.39, 0.29) is 6.79 Å². The highest BCUT2D eigenvalue weighted by molar-refractivity contribution is 5.55. The highest BCUT2D eigenvalue weighted by atomic mass is 16.7. The molecule has 1 heterocycles. The average molecular weight is 513 g/mol. The maximum atomic E-state index is 6.28.